The van der Waals surface area contributed by atoms with Crippen molar-refractivity contribution in [3.63, 3.8) is 0 Å². The van der Waals surface area contributed by atoms with E-state index in [0.29, 0.717) is 11.4 Å². The number of carbonyl (C=O) groups excluding carboxylic acids is 2. The van der Waals surface area contributed by atoms with Crippen molar-refractivity contribution in [1.29, 1.82) is 0 Å². The second-order valence-corrected chi connectivity index (χ2v) is 6.38. The van der Waals surface area contributed by atoms with E-state index in [1.54, 1.807) is 13.0 Å². The van der Waals surface area contributed by atoms with Crippen LogP contribution in [-0.4, -0.2) is 36.7 Å². The number of carbonyl (C=O) groups is 2. The van der Waals surface area contributed by atoms with Crippen LogP contribution in [0, 0.1) is 0 Å². The Morgan fingerprint density at radius 2 is 2.05 bits per heavy atom. The number of likely N-dealkylation sites (N-methyl/N-ethyl adjacent to an activating group) is 1. The largest absolute Gasteiger partial charge is 0.377 e. The zero-order valence-corrected chi connectivity index (χ0v) is 13.9. The van der Waals surface area contributed by atoms with Crippen LogP contribution in [0.1, 0.15) is 12.5 Å². The molecule has 0 N–H and O–H groups in total. The number of halogens is 1. The molecule has 1 saturated heterocycles. The maximum atomic E-state index is 12.0. The van der Waals surface area contributed by atoms with Gasteiger partial charge in [0.2, 0.25) is 0 Å². The number of thioether (sulfide) groups is 1. The predicted octanol–water partition coefficient (Wildman–Crippen LogP) is 3.57. The minimum absolute atomic E-state index is 0.201. The lowest BCUT2D eigenvalue weighted by Crippen LogP contribution is -2.27. The van der Waals surface area contributed by atoms with Gasteiger partial charge in [0.05, 0.1) is 10.6 Å². The molecule has 0 radical (unpaired) electrons. The number of nitrogens with zero attached hydrogens (tertiary/aromatic N) is 2. The summed E-state index contributed by atoms with van der Waals surface area (Å²) in [5.41, 5.74) is 1.95. The summed E-state index contributed by atoms with van der Waals surface area (Å²) < 4.78 is 0.950. The number of hydrogen-bond acceptors (Lipinski definition) is 4. The summed E-state index contributed by atoms with van der Waals surface area (Å²) >= 11 is 4.50. The minimum Gasteiger partial charge on any atom is -0.377 e. The summed E-state index contributed by atoms with van der Waals surface area (Å²) in [6.45, 7) is 2.20. The van der Waals surface area contributed by atoms with Crippen LogP contribution in [0.25, 0.3) is 6.08 Å². The third kappa shape index (κ3) is 2.91. The molecule has 0 unspecified atom stereocenters. The molecular weight excluding hydrogens is 340 g/mol. The van der Waals surface area contributed by atoms with Gasteiger partial charge in [-0.05, 0) is 58.4 Å². The Hall–Kier alpha value is -1.27. The van der Waals surface area contributed by atoms with E-state index in [4.69, 9.17) is 0 Å². The minimum atomic E-state index is -0.213. The van der Waals surface area contributed by atoms with E-state index in [1.165, 1.54) is 4.90 Å². The van der Waals surface area contributed by atoms with Crippen molar-refractivity contribution in [3.8, 4) is 0 Å². The lowest BCUT2D eigenvalue weighted by atomic mass is 10.2. The molecule has 106 valence electrons. The SMILES string of the molecule is CCN1C(=O)S/C(=C\c2ccc(N(C)C)c(Br)c2)C1=O. The van der Waals surface area contributed by atoms with Crippen LogP contribution in [0.4, 0.5) is 10.5 Å². The molecule has 1 heterocycles. The summed E-state index contributed by atoms with van der Waals surface area (Å²) in [5, 5.41) is -0.201. The third-order valence-corrected chi connectivity index (χ3v) is 4.48. The van der Waals surface area contributed by atoms with Crippen LogP contribution in [-0.2, 0) is 4.79 Å². The Morgan fingerprint density at radius 3 is 2.55 bits per heavy atom. The fraction of sp³-hybridized carbons (Fsp3) is 0.286. The first-order chi connectivity index (χ1) is 9.43. The van der Waals surface area contributed by atoms with Gasteiger partial charge in [-0.15, -0.1) is 0 Å². The lowest BCUT2D eigenvalue weighted by molar-refractivity contribution is -0.122. The van der Waals surface area contributed by atoms with Crippen molar-refractivity contribution >= 4 is 50.6 Å². The van der Waals surface area contributed by atoms with E-state index in [1.807, 2.05) is 37.2 Å². The standard InChI is InChI=1S/C14H15BrN2O2S/c1-4-17-13(18)12(20-14(17)19)8-9-5-6-11(16(2)3)10(15)7-9/h5-8H,4H2,1-3H3/b12-8-. The highest BCUT2D eigenvalue weighted by atomic mass is 79.9. The Morgan fingerprint density at radius 1 is 1.35 bits per heavy atom. The molecule has 1 aliphatic heterocycles. The molecule has 0 atom stereocenters. The van der Waals surface area contributed by atoms with E-state index in [9.17, 15) is 9.59 Å². The average Bonchev–Trinajstić information content (AvgIpc) is 2.63. The second-order valence-electron chi connectivity index (χ2n) is 4.53. The van der Waals surface area contributed by atoms with E-state index in [0.717, 1.165) is 27.5 Å². The summed E-state index contributed by atoms with van der Waals surface area (Å²) in [4.78, 5) is 27.4. The molecule has 2 amide bonds. The first-order valence-electron chi connectivity index (χ1n) is 6.16. The molecule has 1 aliphatic rings. The van der Waals surface area contributed by atoms with Crippen LogP contribution in [0.2, 0.25) is 0 Å². The van der Waals surface area contributed by atoms with Crippen LogP contribution in [0.15, 0.2) is 27.6 Å². The summed E-state index contributed by atoms with van der Waals surface area (Å²) in [5.74, 6) is -0.213. The molecule has 0 bridgehead atoms. The van der Waals surface area contributed by atoms with Crippen LogP contribution >= 0.6 is 27.7 Å². The average molecular weight is 355 g/mol. The molecule has 6 heteroatoms. The van der Waals surface area contributed by atoms with Gasteiger partial charge < -0.3 is 4.90 Å². The van der Waals surface area contributed by atoms with Crippen LogP contribution in [0.3, 0.4) is 0 Å². The second kappa shape index (κ2) is 6.01. The van der Waals surface area contributed by atoms with Gasteiger partial charge in [-0.2, -0.15) is 0 Å². The zero-order chi connectivity index (χ0) is 14.9. The normalized spacial score (nSPS) is 17.2. The Balaban J connectivity index is 2.30. The van der Waals surface area contributed by atoms with Crippen molar-refractivity contribution in [3.05, 3.63) is 33.1 Å². The van der Waals surface area contributed by atoms with E-state index >= 15 is 0 Å². The molecule has 0 aromatic heterocycles. The van der Waals surface area contributed by atoms with Gasteiger partial charge in [0.25, 0.3) is 11.1 Å². The van der Waals surface area contributed by atoms with Crippen molar-refractivity contribution in [2.75, 3.05) is 25.5 Å². The maximum absolute atomic E-state index is 12.0. The van der Waals surface area contributed by atoms with Gasteiger partial charge in [-0.3, -0.25) is 14.5 Å². The fourth-order valence-electron chi connectivity index (χ4n) is 1.90. The van der Waals surface area contributed by atoms with Crippen molar-refractivity contribution in [2.45, 2.75) is 6.92 Å². The first kappa shape index (κ1) is 15.1. The van der Waals surface area contributed by atoms with Crippen molar-refractivity contribution in [2.24, 2.45) is 0 Å². The van der Waals surface area contributed by atoms with E-state index in [2.05, 4.69) is 15.9 Å². The number of rotatable bonds is 3. The van der Waals surface area contributed by atoms with Crippen molar-refractivity contribution in [1.82, 2.24) is 4.90 Å². The first-order valence-corrected chi connectivity index (χ1v) is 7.77. The van der Waals surface area contributed by atoms with Gasteiger partial charge >= 0.3 is 0 Å². The van der Waals surface area contributed by atoms with Crippen LogP contribution < -0.4 is 4.90 Å². The Labute approximate surface area is 130 Å². The third-order valence-electron chi connectivity index (χ3n) is 2.94. The number of benzene rings is 1. The van der Waals surface area contributed by atoms with Crippen LogP contribution in [0.5, 0.6) is 0 Å². The summed E-state index contributed by atoms with van der Waals surface area (Å²) in [6.07, 6.45) is 1.75. The van der Waals surface area contributed by atoms with Gasteiger partial charge in [-0.1, -0.05) is 6.07 Å². The molecule has 1 fully saturated rings. The molecule has 2 rings (SSSR count). The van der Waals surface area contributed by atoms with Gasteiger partial charge in [0.15, 0.2) is 0 Å². The highest BCUT2D eigenvalue weighted by molar-refractivity contribution is 9.10. The predicted molar refractivity (Wildman–Crippen MR) is 86.8 cm³/mol. The molecule has 0 spiro atoms. The van der Waals surface area contributed by atoms with E-state index in [-0.39, 0.29) is 11.1 Å². The Bertz CT molecular complexity index is 599. The molecule has 0 saturated carbocycles. The summed E-state index contributed by atoms with van der Waals surface area (Å²) in [7, 11) is 3.93. The molecule has 4 nitrogen and oxygen atoms in total. The Kier molecular flexibility index (Phi) is 4.55. The summed E-state index contributed by atoms with van der Waals surface area (Å²) in [6, 6.07) is 5.84. The number of hydrogen-bond donors (Lipinski definition) is 0. The van der Waals surface area contributed by atoms with Gasteiger partial charge in [0.1, 0.15) is 0 Å². The number of amides is 2. The molecule has 1 aromatic carbocycles. The monoisotopic (exact) mass is 354 g/mol. The molecule has 1 aromatic rings. The van der Waals surface area contributed by atoms with E-state index < -0.39 is 0 Å². The number of anilines is 1. The maximum Gasteiger partial charge on any atom is 0.293 e. The zero-order valence-electron chi connectivity index (χ0n) is 11.5. The highest BCUT2D eigenvalue weighted by Gasteiger charge is 2.33. The van der Waals surface area contributed by atoms with Gasteiger partial charge in [-0.25, -0.2) is 0 Å². The smallest absolute Gasteiger partial charge is 0.293 e. The van der Waals surface area contributed by atoms with Gasteiger partial charge in [0, 0.05) is 25.1 Å². The lowest BCUT2D eigenvalue weighted by Gasteiger charge is -2.14. The topological polar surface area (TPSA) is 40.6 Å². The molecule has 20 heavy (non-hydrogen) atoms. The van der Waals surface area contributed by atoms with Crippen molar-refractivity contribution < 1.29 is 9.59 Å². The number of imide groups is 1. The molecule has 0 aliphatic carbocycles. The quantitative estimate of drug-likeness (QED) is 0.778. The molecular formula is C14H15BrN2O2S. The highest BCUT2D eigenvalue weighted by Crippen LogP contribution is 2.33. The fourth-order valence-corrected chi connectivity index (χ4v) is 3.55.